The maximum absolute atomic E-state index is 12.0. The first-order valence-corrected chi connectivity index (χ1v) is 7.91. The minimum absolute atomic E-state index is 0.0226. The summed E-state index contributed by atoms with van der Waals surface area (Å²) in [5.41, 5.74) is 0. The standard InChI is InChI=1S/C15H24N4O4/c1-23-10-2-8-19-9-7-13(18-19)17-15(22)16-12-5-3-11(4-6-12)14(20)21/h7,9,11-12H,2-6,8,10H2,1H3,(H,20,21)(H2,16,17,18,22). The molecular weight excluding hydrogens is 300 g/mol. The smallest absolute Gasteiger partial charge is 0.320 e. The van der Waals surface area contributed by atoms with Crippen molar-refractivity contribution in [3.63, 3.8) is 0 Å². The molecule has 1 saturated carbocycles. The van der Waals surface area contributed by atoms with Gasteiger partial charge in [-0.05, 0) is 32.1 Å². The number of ether oxygens (including phenoxy) is 1. The number of carbonyl (C=O) groups is 2. The summed E-state index contributed by atoms with van der Waals surface area (Å²) in [5.74, 6) is -0.523. The normalized spacial score (nSPS) is 20.9. The quantitative estimate of drug-likeness (QED) is 0.662. The second kappa shape index (κ2) is 8.52. The van der Waals surface area contributed by atoms with Crippen LogP contribution < -0.4 is 10.6 Å². The van der Waals surface area contributed by atoms with Gasteiger partial charge < -0.3 is 15.2 Å². The van der Waals surface area contributed by atoms with Crippen molar-refractivity contribution in [1.29, 1.82) is 0 Å². The van der Waals surface area contributed by atoms with E-state index in [1.807, 2.05) is 6.20 Å². The highest BCUT2D eigenvalue weighted by molar-refractivity contribution is 5.88. The number of methoxy groups -OCH3 is 1. The van der Waals surface area contributed by atoms with E-state index in [1.165, 1.54) is 0 Å². The SMILES string of the molecule is COCCCn1ccc(NC(=O)NC2CCC(C(=O)O)CC2)n1. The molecule has 1 fully saturated rings. The van der Waals surface area contributed by atoms with Crippen LogP contribution in [0.1, 0.15) is 32.1 Å². The molecule has 8 nitrogen and oxygen atoms in total. The van der Waals surface area contributed by atoms with Crippen molar-refractivity contribution >= 4 is 17.8 Å². The van der Waals surface area contributed by atoms with Gasteiger partial charge >= 0.3 is 12.0 Å². The summed E-state index contributed by atoms with van der Waals surface area (Å²) in [4.78, 5) is 22.9. The number of amides is 2. The first-order chi connectivity index (χ1) is 11.1. The first kappa shape index (κ1) is 17.3. The van der Waals surface area contributed by atoms with Gasteiger partial charge in [0.05, 0.1) is 5.92 Å². The summed E-state index contributed by atoms with van der Waals surface area (Å²) < 4.78 is 6.74. The lowest BCUT2D eigenvalue weighted by Gasteiger charge is -2.26. The number of urea groups is 1. The second-order valence-corrected chi connectivity index (χ2v) is 5.80. The highest BCUT2D eigenvalue weighted by Gasteiger charge is 2.26. The van der Waals surface area contributed by atoms with E-state index < -0.39 is 5.97 Å². The molecule has 0 spiro atoms. The Bertz CT molecular complexity index is 523. The number of aliphatic carboxylic acids is 1. The minimum atomic E-state index is -0.744. The molecule has 1 aromatic heterocycles. The van der Waals surface area contributed by atoms with Crippen molar-refractivity contribution in [2.45, 2.75) is 44.7 Å². The number of nitrogens with zero attached hydrogens (tertiary/aromatic N) is 2. The first-order valence-electron chi connectivity index (χ1n) is 7.91. The van der Waals surface area contributed by atoms with Gasteiger partial charge in [-0.1, -0.05) is 0 Å². The number of carbonyl (C=O) groups excluding carboxylic acids is 1. The highest BCUT2D eigenvalue weighted by Crippen LogP contribution is 2.24. The van der Waals surface area contributed by atoms with Crippen molar-refractivity contribution in [1.82, 2.24) is 15.1 Å². The van der Waals surface area contributed by atoms with Crippen molar-refractivity contribution in [2.24, 2.45) is 5.92 Å². The zero-order valence-corrected chi connectivity index (χ0v) is 13.3. The molecule has 0 atom stereocenters. The highest BCUT2D eigenvalue weighted by atomic mass is 16.5. The molecule has 0 aliphatic heterocycles. The number of anilines is 1. The van der Waals surface area contributed by atoms with Crippen LogP contribution in [0.5, 0.6) is 0 Å². The van der Waals surface area contributed by atoms with Crippen LogP contribution in [0.4, 0.5) is 10.6 Å². The van der Waals surface area contributed by atoms with Crippen LogP contribution >= 0.6 is 0 Å². The summed E-state index contributed by atoms with van der Waals surface area (Å²) in [7, 11) is 1.66. The third-order valence-corrected chi connectivity index (χ3v) is 4.03. The van der Waals surface area contributed by atoms with Crippen LogP contribution in [-0.2, 0) is 16.1 Å². The van der Waals surface area contributed by atoms with E-state index in [-0.39, 0.29) is 18.0 Å². The molecule has 3 N–H and O–H groups in total. The molecule has 8 heteroatoms. The van der Waals surface area contributed by atoms with Crippen molar-refractivity contribution in [3.05, 3.63) is 12.3 Å². The minimum Gasteiger partial charge on any atom is -0.481 e. The number of hydrogen-bond acceptors (Lipinski definition) is 4. The van der Waals surface area contributed by atoms with Gasteiger partial charge in [-0.25, -0.2) is 4.79 Å². The van der Waals surface area contributed by atoms with Crippen LogP contribution in [0, 0.1) is 5.92 Å². The lowest BCUT2D eigenvalue weighted by atomic mass is 9.86. The number of carboxylic acid groups (broad SMARTS) is 1. The van der Waals surface area contributed by atoms with Gasteiger partial charge in [-0.2, -0.15) is 5.10 Å². The number of hydrogen-bond donors (Lipinski definition) is 3. The third kappa shape index (κ3) is 5.55. The molecule has 23 heavy (non-hydrogen) atoms. The lowest BCUT2D eigenvalue weighted by molar-refractivity contribution is -0.142. The van der Waals surface area contributed by atoms with Gasteiger partial charge in [0.1, 0.15) is 0 Å². The van der Waals surface area contributed by atoms with Gasteiger partial charge in [0, 0.05) is 38.6 Å². The monoisotopic (exact) mass is 324 g/mol. The lowest BCUT2D eigenvalue weighted by Crippen LogP contribution is -2.41. The number of aryl methyl sites for hydroxylation is 1. The molecule has 1 aliphatic rings. The summed E-state index contributed by atoms with van der Waals surface area (Å²) in [6, 6.07) is 1.47. The molecule has 0 unspecified atom stereocenters. The summed E-state index contributed by atoms with van der Waals surface area (Å²) in [6.45, 7) is 1.40. The predicted octanol–water partition coefficient (Wildman–Crippen LogP) is 1.68. The fourth-order valence-electron chi connectivity index (χ4n) is 2.75. The Kier molecular flexibility index (Phi) is 6.40. The van der Waals surface area contributed by atoms with Crippen LogP contribution in [0.15, 0.2) is 12.3 Å². The van der Waals surface area contributed by atoms with Gasteiger partial charge in [0.2, 0.25) is 0 Å². The largest absolute Gasteiger partial charge is 0.481 e. The molecule has 0 aromatic carbocycles. The Morgan fingerprint density at radius 3 is 2.78 bits per heavy atom. The number of rotatable bonds is 7. The van der Waals surface area contributed by atoms with Gasteiger partial charge in [0.15, 0.2) is 5.82 Å². The molecule has 0 saturated heterocycles. The van der Waals surface area contributed by atoms with E-state index in [0.717, 1.165) is 13.0 Å². The fourth-order valence-corrected chi connectivity index (χ4v) is 2.75. The molecule has 1 heterocycles. The second-order valence-electron chi connectivity index (χ2n) is 5.80. The number of aromatic nitrogens is 2. The average Bonchev–Trinajstić information content (AvgIpc) is 2.95. The molecule has 1 aliphatic carbocycles. The van der Waals surface area contributed by atoms with Gasteiger partial charge in [-0.3, -0.25) is 14.8 Å². The van der Waals surface area contributed by atoms with Crippen molar-refractivity contribution < 1.29 is 19.4 Å². The van der Waals surface area contributed by atoms with E-state index in [2.05, 4.69) is 15.7 Å². The topological polar surface area (TPSA) is 105 Å². The summed E-state index contributed by atoms with van der Waals surface area (Å²) in [6.07, 6.45) is 5.26. The molecule has 1 aromatic rings. The van der Waals surface area contributed by atoms with Gasteiger partial charge in [-0.15, -0.1) is 0 Å². The number of nitrogens with one attached hydrogen (secondary N) is 2. The van der Waals surface area contributed by atoms with Crippen molar-refractivity contribution in [3.8, 4) is 0 Å². The molecule has 0 bridgehead atoms. The zero-order chi connectivity index (χ0) is 16.7. The molecular formula is C15H24N4O4. The van der Waals surface area contributed by atoms with E-state index in [0.29, 0.717) is 38.1 Å². The zero-order valence-electron chi connectivity index (χ0n) is 13.3. The molecule has 2 amide bonds. The van der Waals surface area contributed by atoms with Crippen LogP contribution in [0.25, 0.3) is 0 Å². The van der Waals surface area contributed by atoms with Crippen molar-refractivity contribution in [2.75, 3.05) is 19.0 Å². The third-order valence-electron chi connectivity index (χ3n) is 4.03. The van der Waals surface area contributed by atoms with E-state index in [4.69, 9.17) is 9.84 Å². The molecule has 2 rings (SSSR count). The molecule has 0 radical (unpaired) electrons. The average molecular weight is 324 g/mol. The maximum atomic E-state index is 12.0. The Balaban J connectivity index is 1.72. The summed E-state index contributed by atoms with van der Waals surface area (Å²) in [5, 5.41) is 18.8. The van der Waals surface area contributed by atoms with E-state index >= 15 is 0 Å². The summed E-state index contributed by atoms with van der Waals surface area (Å²) >= 11 is 0. The number of carboxylic acids is 1. The Morgan fingerprint density at radius 2 is 2.13 bits per heavy atom. The van der Waals surface area contributed by atoms with Crippen LogP contribution in [0.2, 0.25) is 0 Å². The Morgan fingerprint density at radius 1 is 1.39 bits per heavy atom. The Labute approximate surface area is 135 Å². The van der Waals surface area contributed by atoms with Crippen LogP contribution in [0.3, 0.4) is 0 Å². The fraction of sp³-hybridized carbons (Fsp3) is 0.667. The maximum Gasteiger partial charge on any atom is 0.320 e. The molecule has 128 valence electrons. The van der Waals surface area contributed by atoms with Crippen LogP contribution in [-0.4, -0.2) is 46.6 Å². The predicted molar refractivity (Wildman–Crippen MR) is 84.3 cm³/mol. The Hall–Kier alpha value is -2.09. The van der Waals surface area contributed by atoms with E-state index in [1.54, 1.807) is 17.9 Å². The van der Waals surface area contributed by atoms with E-state index in [9.17, 15) is 9.59 Å². The van der Waals surface area contributed by atoms with Gasteiger partial charge in [0.25, 0.3) is 0 Å².